The molecule has 0 amide bonds. The third-order valence-electron chi connectivity index (χ3n) is 6.41. The van der Waals surface area contributed by atoms with Gasteiger partial charge in [-0.1, -0.05) is 18.6 Å². The smallest absolute Gasteiger partial charge is 0.227 e. The average molecular weight is 455 g/mol. The number of aromatic nitrogens is 2. The maximum atomic E-state index is 9.58. The van der Waals surface area contributed by atoms with Crippen LogP contribution in [0.25, 0.3) is 11.3 Å². The van der Waals surface area contributed by atoms with Gasteiger partial charge in [-0.3, -0.25) is 4.90 Å². The van der Waals surface area contributed by atoms with Crippen molar-refractivity contribution in [2.24, 2.45) is 0 Å². The van der Waals surface area contributed by atoms with Gasteiger partial charge in [0, 0.05) is 42.8 Å². The van der Waals surface area contributed by atoms with Crippen molar-refractivity contribution in [3.63, 3.8) is 0 Å². The number of morpholine rings is 1. The first-order valence-corrected chi connectivity index (χ1v) is 12.1. The largest absolute Gasteiger partial charge is 0.378 e. The lowest BCUT2D eigenvalue weighted by Crippen LogP contribution is -2.36. The Bertz CT molecular complexity index is 1160. The highest BCUT2D eigenvalue weighted by Gasteiger charge is 2.15. The van der Waals surface area contributed by atoms with Crippen LogP contribution >= 0.6 is 0 Å². The van der Waals surface area contributed by atoms with Crippen LogP contribution in [0.4, 0.5) is 17.3 Å². The number of benzene rings is 2. The first kappa shape index (κ1) is 22.3. The van der Waals surface area contributed by atoms with Crippen molar-refractivity contribution in [2.75, 3.05) is 49.6 Å². The van der Waals surface area contributed by atoms with Crippen LogP contribution in [-0.2, 0) is 11.3 Å². The number of piperidine rings is 1. The molecule has 0 spiro atoms. The Morgan fingerprint density at radius 2 is 1.82 bits per heavy atom. The molecule has 2 fully saturated rings. The van der Waals surface area contributed by atoms with Crippen LogP contribution < -0.4 is 10.2 Å². The number of ether oxygens (including phenoxy) is 1. The summed E-state index contributed by atoms with van der Waals surface area (Å²) in [5.74, 6) is 0.544. The van der Waals surface area contributed by atoms with Gasteiger partial charge in [-0.05, 0) is 67.9 Å². The summed E-state index contributed by atoms with van der Waals surface area (Å²) in [7, 11) is 0. The Morgan fingerprint density at radius 1 is 0.971 bits per heavy atom. The molecule has 0 unspecified atom stereocenters. The highest BCUT2D eigenvalue weighted by atomic mass is 16.5. The van der Waals surface area contributed by atoms with Crippen molar-refractivity contribution < 1.29 is 4.74 Å². The summed E-state index contributed by atoms with van der Waals surface area (Å²) in [6.45, 7) is 6.36. The van der Waals surface area contributed by atoms with Gasteiger partial charge in [-0.2, -0.15) is 5.26 Å². The molecule has 0 atom stereocenters. The summed E-state index contributed by atoms with van der Waals surface area (Å²) >= 11 is 0. The zero-order chi connectivity index (χ0) is 23.2. The van der Waals surface area contributed by atoms with Crippen molar-refractivity contribution in [2.45, 2.75) is 25.8 Å². The molecule has 0 aliphatic carbocycles. The second-order valence-electron chi connectivity index (χ2n) is 8.91. The van der Waals surface area contributed by atoms with Crippen LogP contribution in [0.2, 0.25) is 0 Å². The van der Waals surface area contributed by atoms with E-state index in [1.807, 2.05) is 24.3 Å². The number of hydrogen-bond donors (Lipinski definition) is 1. The normalized spacial score (nSPS) is 16.7. The predicted octanol–water partition coefficient (Wildman–Crippen LogP) is 4.58. The highest BCUT2D eigenvalue weighted by Crippen LogP contribution is 2.27. The van der Waals surface area contributed by atoms with Gasteiger partial charge >= 0.3 is 0 Å². The second kappa shape index (κ2) is 10.6. The van der Waals surface area contributed by atoms with E-state index in [0.29, 0.717) is 24.7 Å². The first-order valence-electron chi connectivity index (χ1n) is 12.1. The number of hydrogen-bond acceptors (Lipinski definition) is 7. The molecule has 7 heteroatoms. The van der Waals surface area contributed by atoms with Crippen LogP contribution in [0.5, 0.6) is 0 Å². The van der Waals surface area contributed by atoms with Gasteiger partial charge in [0.05, 0.1) is 30.5 Å². The van der Waals surface area contributed by atoms with E-state index in [1.165, 1.54) is 37.9 Å². The molecule has 0 bridgehead atoms. The van der Waals surface area contributed by atoms with Crippen LogP contribution in [0, 0.1) is 11.3 Å². The van der Waals surface area contributed by atoms with E-state index < -0.39 is 0 Å². The predicted molar refractivity (Wildman–Crippen MR) is 134 cm³/mol. The monoisotopic (exact) mass is 454 g/mol. The van der Waals surface area contributed by atoms with Crippen LogP contribution in [0.1, 0.15) is 30.4 Å². The lowest BCUT2D eigenvalue weighted by molar-refractivity contribution is 0.122. The number of likely N-dealkylation sites (tertiary alicyclic amines) is 1. The Kier molecular flexibility index (Phi) is 6.99. The summed E-state index contributed by atoms with van der Waals surface area (Å²) in [4.78, 5) is 14.0. The zero-order valence-corrected chi connectivity index (χ0v) is 19.4. The first-order chi connectivity index (χ1) is 16.8. The average Bonchev–Trinajstić information content (AvgIpc) is 2.90. The molecular formula is C27H30N6O. The summed E-state index contributed by atoms with van der Waals surface area (Å²) in [6.07, 6.45) is 5.68. The Labute approximate surface area is 201 Å². The molecule has 174 valence electrons. The molecule has 1 aromatic heterocycles. The minimum atomic E-state index is 0.544. The molecule has 5 rings (SSSR count). The molecular weight excluding hydrogens is 424 g/mol. The van der Waals surface area contributed by atoms with E-state index in [2.05, 4.69) is 50.4 Å². The molecule has 3 heterocycles. The van der Waals surface area contributed by atoms with E-state index in [9.17, 15) is 5.26 Å². The van der Waals surface area contributed by atoms with E-state index in [0.717, 1.165) is 42.3 Å². The molecule has 34 heavy (non-hydrogen) atoms. The van der Waals surface area contributed by atoms with Gasteiger partial charge in [0.15, 0.2) is 0 Å². The zero-order valence-electron chi connectivity index (χ0n) is 19.4. The lowest BCUT2D eigenvalue weighted by atomic mass is 10.1. The van der Waals surface area contributed by atoms with Gasteiger partial charge in [-0.15, -0.1) is 0 Å². The van der Waals surface area contributed by atoms with Crippen LogP contribution in [-0.4, -0.2) is 54.3 Å². The minimum absolute atomic E-state index is 0.544. The number of rotatable bonds is 6. The van der Waals surface area contributed by atoms with Crippen LogP contribution in [0.3, 0.4) is 0 Å². The lowest BCUT2D eigenvalue weighted by Gasteiger charge is -2.29. The highest BCUT2D eigenvalue weighted by molar-refractivity contribution is 5.70. The van der Waals surface area contributed by atoms with Gasteiger partial charge < -0.3 is 15.0 Å². The third-order valence-corrected chi connectivity index (χ3v) is 6.41. The van der Waals surface area contributed by atoms with E-state index in [-0.39, 0.29) is 0 Å². The van der Waals surface area contributed by atoms with Crippen molar-refractivity contribution in [3.8, 4) is 17.3 Å². The Balaban J connectivity index is 1.35. The number of anilines is 3. The second-order valence-corrected chi connectivity index (χ2v) is 8.91. The van der Waals surface area contributed by atoms with Crippen molar-refractivity contribution in [1.82, 2.24) is 14.9 Å². The number of nitrogens with zero attached hydrogens (tertiary/aromatic N) is 5. The molecule has 3 aromatic rings. The number of nitrogens with one attached hydrogen (secondary N) is 1. The molecule has 2 aliphatic rings. The molecule has 2 aromatic carbocycles. The van der Waals surface area contributed by atoms with Crippen LogP contribution in [0.15, 0.2) is 54.7 Å². The third kappa shape index (κ3) is 5.53. The molecule has 0 radical (unpaired) electrons. The minimum Gasteiger partial charge on any atom is -0.378 e. The molecule has 2 aliphatic heterocycles. The summed E-state index contributed by atoms with van der Waals surface area (Å²) in [5.41, 5.74) is 5.61. The Hall–Kier alpha value is -3.47. The maximum Gasteiger partial charge on any atom is 0.227 e. The van der Waals surface area contributed by atoms with E-state index in [4.69, 9.17) is 9.72 Å². The maximum absolute atomic E-state index is 9.58. The van der Waals surface area contributed by atoms with Gasteiger partial charge in [-0.25, -0.2) is 9.97 Å². The van der Waals surface area contributed by atoms with Gasteiger partial charge in [0.25, 0.3) is 0 Å². The fourth-order valence-corrected chi connectivity index (χ4v) is 4.66. The van der Waals surface area contributed by atoms with Crippen molar-refractivity contribution >= 4 is 17.3 Å². The van der Waals surface area contributed by atoms with E-state index in [1.54, 1.807) is 6.20 Å². The van der Waals surface area contributed by atoms with E-state index >= 15 is 0 Å². The standard InChI is InChI=1S/C27H30N6O/c28-19-22-15-23(18-25(17-22)33-11-13-34-14-12-33)26-7-8-29-27(31-26)30-24-6-4-5-21(16-24)20-32-9-2-1-3-10-32/h4-8,15-18H,1-3,9-14,20H2,(H,29,30,31). The summed E-state index contributed by atoms with van der Waals surface area (Å²) in [6, 6.07) is 18.6. The fraction of sp³-hybridized carbons (Fsp3) is 0.370. The number of nitriles is 1. The molecule has 2 saturated heterocycles. The van der Waals surface area contributed by atoms with Crippen molar-refractivity contribution in [1.29, 1.82) is 5.26 Å². The molecule has 7 nitrogen and oxygen atoms in total. The Morgan fingerprint density at radius 3 is 2.65 bits per heavy atom. The quantitative estimate of drug-likeness (QED) is 0.584. The van der Waals surface area contributed by atoms with Crippen molar-refractivity contribution in [3.05, 3.63) is 65.9 Å². The molecule has 1 N–H and O–H groups in total. The van der Waals surface area contributed by atoms with Gasteiger partial charge in [0.2, 0.25) is 5.95 Å². The summed E-state index contributed by atoms with van der Waals surface area (Å²) in [5, 5.41) is 12.9. The molecule has 0 saturated carbocycles. The summed E-state index contributed by atoms with van der Waals surface area (Å²) < 4.78 is 5.48. The van der Waals surface area contributed by atoms with Gasteiger partial charge in [0.1, 0.15) is 0 Å². The fourth-order valence-electron chi connectivity index (χ4n) is 4.66. The SMILES string of the molecule is N#Cc1cc(-c2ccnc(Nc3cccc(CN4CCCCC4)c3)n2)cc(N2CCOCC2)c1. The topological polar surface area (TPSA) is 77.3 Å².